The van der Waals surface area contributed by atoms with E-state index in [0.29, 0.717) is 11.7 Å². The number of amides is 1. The minimum Gasteiger partial charge on any atom is -0.341 e. The minimum absolute atomic E-state index is 0.144. The van der Waals surface area contributed by atoms with E-state index < -0.39 is 0 Å². The summed E-state index contributed by atoms with van der Waals surface area (Å²) >= 11 is 1.43. The molecule has 0 radical (unpaired) electrons. The van der Waals surface area contributed by atoms with Crippen LogP contribution in [0.1, 0.15) is 35.6 Å². The summed E-state index contributed by atoms with van der Waals surface area (Å²) in [5.74, 6) is 0.144. The Balaban J connectivity index is 1.58. The molecule has 6 nitrogen and oxygen atoms in total. The molecule has 3 aromatic rings. The van der Waals surface area contributed by atoms with Crippen molar-refractivity contribution in [3.63, 3.8) is 0 Å². The fourth-order valence-corrected chi connectivity index (χ4v) is 4.47. The molecule has 7 heteroatoms. The van der Waals surface area contributed by atoms with Gasteiger partial charge in [-0.1, -0.05) is 72.4 Å². The molecule has 0 spiro atoms. The molecule has 1 fully saturated rings. The first-order chi connectivity index (χ1) is 13.8. The van der Waals surface area contributed by atoms with Crippen LogP contribution in [0.5, 0.6) is 0 Å². The number of nitrogens with zero attached hydrogens (tertiary/aromatic N) is 5. The monoisotopic (exact) mass is 393 g/mol. The number of carbonyl (C=O) groups is 1. The highest BCUT2D eigenvalue weighted by Crippen LogP contribution is 2.36. The zero-order valence-electron chi connectivity index (χ0n) is 15.6. The number of hydrogen-bond acceptors (Lipinski definition) is 5. The third-order valence-electron chi connectivity index (χ3n) is 4.89. The smallest absolute Gasteiger partial charge is 0.240 e. The van der Waals surface area contributed by atoms with Crippen LogP contribution in [0.15, 0.2) is 65.8 Å². The topological polar surface area (TPSA) is 63.9 Å². The summed E-state index contributed by atoms with van der Waals surface area (Å²) in [5, 5.41) is 12.5. The van der Waals surface area contributed by atoms with E-state index in [1.54, 1.807) is 4.68 Å². The Morgan fingerprint density at radius 2 is 1.64 bits per heavy atom. The van der Waals surface area contributed by atoms with Gasteiger partial charge in [0.2, 0.25) is 11.1 Å². The number of likely N-dealkylation sites (tertiary alicyclic amines) is 1. The van der Waals surface area contributed by atoms with Crippen molar-refractivity contribution in [3.8, 4) is 0 Å². The van der Waals surface area contributed by atoms with Crippen LogP contribution in [0, 0.1) is 0 Å². The van der Waals surface area contributed by atoms with Crippen molar-refractivity contribution >= 4 is 17.7 Å². The van der Waals surface area contributed by atoms with Crippen molar-refractivity contribution in [1.82, 2.24) is 25.1 Å². The summed E-state index contributed by atoms with van der Waals surface area (Å²) < 4.78 is 1.76. The zero-order chi connectivity index (χ0) is 19.2. The molecule has 0 bridgehead atoms. The van der Waals surface area contributed by atoms with Gasteiger partial charge >= 0.3 is 0 Å². The van der Waals surface area contributed by atoms with Crippen LogP contribution in [-0.2, 0) is 11.3 Å². The second kappa shape index (κ2) is 9.01. The quantitative estimate of drug-likeness (QED) is 0.599. The largest absolute Gasteiger partial charge is 0.341 e. The number of thioether (sulfide) groups is 1. The van der Waals surface area contributed by atoms with Gasteiger partial charge in [0, 0.05) is 13.1 Å². The Kier molecular flexibility index (Phi) is 6.01. The number of tetrazole rings is 1. The highest BCUT2D eigenvalue weighted by atomic mass is 32.2. The summed E-state index contributed by atoms with van der Waals surface area (Å²) in [7, 11) is 0. The van der Waals surface area contributed by atoms with E-state index in [-0.39, 0.29) is 11.2 Å². The maximum Gasteiger partial charge on any atom is 0.240 e. The van der Waals surface area contributed by atoms with Gasteiger partial charge in [0.1, 0.15) is 5.25 Å². The average Bonchev–Trinajstić information content (AvgIpc) is 3.20. The molecule has 4 rings (SSSR count). The molecule has 1 aromatic heterocycles. The van der Waals surface area contributed by atoms with Crippen LogP contribution in [0.2, 0.25) is 0 Å². The highest BCUT2D eigenvalue weighted by molar-refractivity contribution is 8.00. The van der Waals surface area contributed by atoms with Crippen molar-refractivity contribution in [2.24, 2.45) is 0 Å². The number of rotatable bonds is 6. The maximum atomic E-state index is 13.3. The van der Waals surface area contributed by atoms with Crippen LogP contribution in [-0.4, -0.2) is 44.1 Å². The predicted molar refractivity (Wildman–Crippen MR) is 109 cm³/mol. The van der Waals surface area contributed by atoms with Crippen molar-refractivity contribution in [1.29, 1.82) is 0 Å². The van der Waals surface area contributed by atoms with Crippen LogP contribution < -0.4 is 0 Å². The normalized spacial score (nSPS) is 15.4. The van der Waals surface area contributed by atoms with Gasteiger partial charge in [-0.2, -0.15) is 0 Å². The Labute approximate surface area is 168 Å². The molecular formula is C21H23N5OS. The highest BCUT2D eigenvalue weighted by Gasteiger charge is 2.29. The van der Waals surface area contributed by atoms with Gasteiger partial charge in [-0.3, -0.25) is 4.79 Å². The molecule has 1 atom stereocenters. The molecule has 2 heterocycles. The molecule has 1 aliphatic rings. The zero-order valence-corrected chi connectivity index (χ0v) is 16.5. The molecule has 0 unspecified atom stereocenters. The summed E-state index contributed by atoms with van der Waals surface area (Å²) in [6.45, 7) is 2.24. The van der Waals surface area contributed by atoms with E-state index in [0.717, 1.165) is 37.1 Å². The third kappa shape index (κ3) is 4.42. The summed E-state index contributed by atoms with van der Waals surface area (Å²) in [4.78, 5) is 15.3. The Morgan fingerprint density at radius 1 is 0.964 bits per heavy atom. The van der Waals surface area contributed by atoms with Crippen LogP contribution >= 0.6 is 11.8 Å². The lowest BCUT2D eigenvalue weighted by Gasteiger charge is -2.30. The second-order valence-corrected chi connectivity index (χ2v) is 7.97. The molecule has 0 aliphatic carbocycles. The van der Waals surface area contributed by atoms with Gasteiger partial charge in [0.15, 0.2) is 0 Å². The summed E-state index contributed by atoms with van der Waals surface area (Å²) in [6.07, 6.45) is 3.34. The molecular weight excluding hydrogens is 370 g/mol. The van der Waals surface area contributed by atoms with E-state index in [9.17, 15) is 4.79 Å². The standard InChI is InChI=1S/C21H23N5OS/c27-20(25-14-8-3-9-15-25)19(18-12-6-2-7-13-18)28-21-22-23-24-26(21)16-17-10-4-1-5-11-17/h1-2,4-7,10-13,19H,3,8-9,14-16H2/t19-/m0/s1. The fourth-order valence-electron chi connectivity index (χ4n) is 3.41. The number of carbonyl (C=O) groups excluding carboxylic acids is 1. The van der Waals surface area contributed by atoms with Crippen molar-refractivity contribution in [3.05, 3.63) is 71.8 Å². The average molecular weight is 394 g/mol. The third-order valence-corrected chi connectivity index (χ3v) is 6.10. The van der Waals surface area contributed by atoms with Gasteiger partial charge in [-0.05, 0) is 40.8 Å². The first-order valence-corrected chi connectivity index (χ1v) is 10.5. The maximum absolute atomic E-state index is 13.3. The van der Waals surface area contributed by atoms with E-state index >= 15 is 0 Å². The van der Waals surface area contributed by atoms with Gasteiger partial charge in [0.25, 0.3) is 0 Å². The first kappa shape index (κ1) is 18.7. The van der Waals surface area contributed by atoms with Crippen LogP contribution in [0.25, 0.3) is 0 Å². The number of benzene rings is 2. The van der Waals surface area contributed by atoms with Gasteiger partial charge in [-0.25, -0.2) is 4.68 Å². The van der Waals surface area contributed by atoms with E-state index in [1.807, 2.05) is 65.6 Å². The molecule has 2 aromatic carbocycles. The van der Waals surface area contributed by atoms with Gasteiger partial charge in [0.05, 0.1) is 6.54 Å². The lowest BCUT2D eigenvalue weighted by atomic mass is 10.1. The molecule has 0 saturated carbocycles. The lowest BCUT2D eigenvalue weighted by Crippen LogP contribution is -2.38. The number of piperidine rings is 1. The molecule has 1 amide bonds. The van der Waals surface area contributed by atoms with Gasteiger partial charge < -0.3 is 4.90 Å². The molecule has 1 saturated heterocycles. The Hall–Kier alpha value is -2.67. The second-order valence-electron chi connectivity index (χ2n) is 6.90. The van der Waals surface area contributed by atoms with Crippen molar-refractivity contribution < 1.29 is 4.79 Å². The summed E-state index contributed by atoms with van der Waals surface area (Å²) in [5.41, 5.74) is 2.10. The first-order valence-electron chi connectivity index (χ1n) is 9.62. The van der Waals surface area contributed by atoms with E-state index in [2.05, 4.69) is 15.5 Å². The molecule has 28 heavy (non-hydrogen) atoms. The van der Waals surface area contributed by atoms with Crippen molar-refractivity contribution in [2.45, 2.75) is 36.2 Å². The minimum atomic E-state index is -0.347. The number of aromatic nitrogens is 4. The van der Waals surface area contributed by atoms with Crippen LogP contribution in [0.3, 0.4) is 0 Å². The Bertz CT molecular complexity index is 893. The molecule has 1 aliphatic heterocycles. The fraction of sp³-hybridized carbons (Fsp3) is 0.333. The van der Waals surface area contributed by atoms with Gasteiger partial charge in [-0.15, -0.1) is 5.10 Å². The predicted octanol–water partition coefficient (Wildman–Crippen LogP) is 3.57. The van der Waals surface area contributed by atoms with Crippen molar-refractivity contribution in [2.75, 3.05) is 13.1 Å². The summed E-state index contributed by atoms with van der Waals surface area (Å²) in [6, 6.07) is 20.0. The SMILES string of the molecule is O=C([C@@H](Sc1nnnn1Cc1ccccc1)c1ccccc1)N1CCCCC1. The Morgan fingerprint density at radius 3 is 2.36 bits per heavy atom. The lowest BCUT2D eigenvalue weighted by molar-refractivity contribution is -0.131. The molecule has 144 valence electrons. The molecule has 0 N–H and O–H groups in total. The van der Waals surface area contributed by atoms with E-state index in [1.165, 1.54) is 18.2 Å². The number of hydrogen-bond donors (Lipinski definition) is 0. The van der Waals surface area contributed by atoms with E-state index in [4.69, 9.17) is 0 Å². The van der Waals surface area contributed by atoms with Crippen LogP contribution in [0.4, 0.5) is 0 Å².